The summed E-state index contributed by atoms with van der Waals surface area (Å²) in [5.41, 5.74) is 10.4. The molecule has 0 amide bonds. The second-order valence-electron chi connectivity index (χ2n) is 19.8. The maximum atomic E-state index is 5.55. The summed E-state index contributed by atoms with van der Waals surface area (Å²) in [6.45, 7) is 0. The van der Waals surface area contributed by atoms with Gasteiger partial charge < -0.3 is 0 Å². The quantitative estimate of drug-likeness (QED) is 0.139. The Kier molecular flexibility index (Phi) is 10.6. The molecule has 0 fully saturated rings. The van der Waals surface area contributed by atoms with Gasteiger partial charge in [0.1, 0.15) is 0 Å². The molecule has 0 saturated carbocycles. The SMILES string of the molecule is c1ccc(-c2nc(-c3ccccc3)nc(-n3c4ccccc4c4ccc5c6ccc7c8ccccc8n(-c8nc(-c9ccccc9)nc(-c9ccccc9)n8)c7c6n(-c6nc(-c7ccccc7)nc(-c7ccccc7)n6)c5c43)n2)cc1. The molecule has 16 rings (SSSR count). The highest BCUT2D eigenvalue weighted by molar-refractivity contribution is 6.28. The molecule has 16 aromatic rings. The first-order valence-electron chi connectivity index (χ1n) is 26.7. The van der Waals surface area contributed by atoms with E-state index in [-0.39, 0.29) is 0 Å². The van der Waals surface area contributed by atoms with Gasteiger partial charge in [-0.2, -0.15) is 29.9 Å². The van der Waals surface area contributed by atoms with Gasteiger partial charge in [-0.15, -0.1) is 0 Å². The number of para-hydroxylation sites is 2. The van der Waals surface area contributed by atoms with E-state index in [4.69, 9.17) is 44.9 Å². The third kappa shape index (κ3) is 7.57. The Morgan fingerprint density at radius 2 is 0.383 bits per heavy atom. The van der Waals surface area contributed by atoms with Gasteiger partial charge in [-0.3, -0.25) is 13.7 Å². The number of hydrogen-bond donors (Lipinski definition) is 0. The minimum atomic E-state index is 0.410. The molecule has 378 valence electrons. The van der Waals surface area contributed by atoms with Crippen molar-refractivity contribution in [2.75, 3.05) is 0 Å². The predicted molar refractivity (Wildman–Crippen MR) is 322 cm³/mol. The Morgan fingerprint density at radius 1 is 0.173 bits per heavy atom. The van der Waals surface area contributed by atoms with Crippen LogP contribution in [0.5, 0.6) is 0 Å². The fourth-order valence-corrected chi connectivity index (χ4v) is 11.4. The highest BCUT2D eigenvalue weighted by Crippen LogP contribution is 2.46. The molecule has 6 aromatic heterocycles. The van der Waals surface area contributed by atoms with Crippen molar-refractivity contribution in [1.82, 2.24) is 58.6 Å². The van der Waals surface area contributed by atoms with Crippen molar-refractivity contribution in [3.05, 3.63) is 255 Å². The second-order valence-corrected chi connectivity index (χ2v) is 19.8. The molecule has 0 spiro atoms. The van der Waals surface area contributed by atoms with Crippen LogP contribution in [0.2, 0.25) is 0 Å². The molecule has 0 radical (unpaired) electrons. The molecule has 0 bridgehead atoms. The average Bonchev–Trinajstić information content (AvgIpc) is 4.36. The van der Waals surface area contributed by atoms with E-state index < -0.39 is 0 Å². The minimum absolute atomic E-state index is 0.410. The average molecular weight is 1040 g/mol. The molecule has 12 nitrogen and oxygen atoms in total. The number of hydrogen-bond acceptors (Lipinski definition) is 9. The van der Waals surface area contributed by atoms with Gasteiger partial charge in [0.15, 0.2) is 34.9 Å². The molecule has 0 N–H and O–H groups in total. The van der Waals surface area contributed by atoms with E-state index in [1.165, 1.54) is 0 Å². The zero-order valence-corrected chi connectivity index (χ0v) is 43.1. The van der Waals surface area contributed by atoms with Crippen molar-refractivity contribution in [1.29, 1.82) is 0 Å². The molecule has 0 unspecified atom stereocenters. The van der Waals surface area contributed by atoms with E-state index in [0.29, 0.717) is 52.8 Å². The van der Waals surface area contributed by atoms with E-state index in [0.717, 1.165) is 98.8 Å². The summed E-state index contributed by atoms with van der Waals surface area (Å²) in [5, 5.41) is 5.92. The monoisotopic (exact) mass is 1040 g/mol. The molecule has 0 atom stereocenters. The Bertz CT molecular complexity index is 4650. The zero-order chi connectivity index (χ0) is 53.4. The molecule has 0 saturated heterocycles. The molecular weight excluding hydrogens is 997 g/mol. The molecule has 10 aromatic carbocycles. The smallest absolute Gasteiger partial charge is 0.238 e. The maximum Gasteiger partial charge on any atom is 0.238 e. The molecule has 0 aliphatic heterocycles. The van der Waals surface area contributed by atoms with E-state index in [9.17, 15) is 0 Å². The first-order chi connectivity index (χ1) is 40.2. The van der Waals surface area contributed by atoms with Crippen LogP contribution in [-0.2, 0) is 0 Å². The minimum Gasteiger partial charge on any atom is -0.276 e. The lowest BCUT2D eigenvalue weighted by Gasteiger charge is -2.15. The lowest BCUT2D eigenvalue weighted by Crippen LogP contribution is -2.10. The van der Waals surface area contributed by atoms with Crippen molar-refractivity contribution in [2.45, 2.75) is 0 Å². The van der Waals surface area contributed by atoms with E-state index in [1.807, 2.05) is 182 Å². The third-order valence-electron chi connectivity index (χ3n) is 15.0. The van der Waals surface area contributed by atoms with Gasteiger partial charge >= 0.3 is 0 Å². The summed E-state index contributed by atoms with van der Waals surface area (Å²) in [5.74, 6) is 4.54. The van der Waals surface area contributed by atoms with Gasteiger partial charge in [0.2, 0.25) is 17.8 Å². The summed E-state index contributed by atoms with van der Waals surface area (Å²) < 4.78 is 6.62. The van der Waals surface area contributed by atoms with Gasteiger partial charge in [-0.05, 0) is 12.1 Å². The van der Waals surface area contributed by atoms with Gasteiger partial charge in [0, 0.05) is 65.7 Å². The molecule has 0 aliphatic carbocycles. The summed E-state index contributed by atoms with van der Waals surface area (Å²) in [6, 6.07) is 86.3. The van der Waals surface area contributed by atoms with Crippen molar-refractivity contribution >= 4 is 65.4 Å². The first-order valence-corrected chi connectivity index (χ1v) is 26.7. The van der Waals surface area contributed by atoms with Gasteiger partial charge in [0.05, 0.1) is 33.1 Å². The van der Waals surface area contributed by atoms with Gasteiger partial charge in [0.25, 0.3) is 0 Å². The van der Waals surface area contributed by atoms with Crippen LogP contribution < -0.4 is 0 Å². The van der Waals surface area contributed by atoms with E-state index in [1.54, 1.807) is 0 Å². The van der Waals surface area contributed by atoms with Gasteiger partial charge in [-0.1, -0.05) is 243 Å². The number of nitrogens with zero attached hydrogens (tertiary/aromatic N) is 12. The predicted octanol–water partition coefficient (Wildman–Crippen LogP) is 15.5. The molecule has 6 heterocycles. The van der Waals surface area contributed by atoms with Crippen LogP contribution in [0.3, 0.4) is 0 Å². The highest BCUT2D eigenvalue weighted by atomic mass is 15.3. The number of rotatable bonds is 9. The topological polar surface area (TPSA) is 131 Å². The second kappa shape index (κ2) is 18.7. The number of fused-ring (bicyclic) bond motifs is 11. The first kappa shape index (κ1) is 45.8. The Balaban J connectivity index is 1.11. The summed E-state index contributed by atoms with van der Waals surface area (Å²) >= 11 is 0. The maximum absolute atomic E-state index is 5.55. The summed E-state index contributed by atoms with van der Waals surface area (Å²) in [4.78, 5) is 48.2. The Hall–Kier alpha value is -11.4. The normalized spacial score (nSPS) is 11.7. The molecular formula is C69H42N12. The summed E-state index contributed by atoms with van der Waals surface area (Å²) in [6.07, 6.45) is 0. The standard InChI is InChI=1S/C69H42N12/c1-7-23-43(24-8-1)61-70-62(44-25-9-2-10-26-44)74-67(73-61)79-55-37-21-19-35-49(55)51-39-41-53-54-42-40-52-50-36-20-22-38-56(50)80(68-75-63(45-27-11-3-12-28-45)71-64(76-68)46-29-13-4-14-30-46)58(52)60(54)81(59(53)57(51)79)69-77-65(47-31-15-5-16-32-47)72-66(78-69)48-33-17-6-18-34-48/h1-42H. The van der Waals surface area contributed by atoms with Crippen LogP contribution in [0.4, 0.5) is 0 Å². The van der Waals surface area contributed by atoms with Crippen LogP contribution in [0, 0.1) is 0 Å². The third-order valence-corrected chi connectivity index (χ3v) is 15.0. The number of benzene rings is 10. The van der Waals surface area contributed by atoms with Crippen LogP contribution in [0.15, 0.2) is 255 Å². The molecule has 81 heavy (non-hydrogen) atoms. The van der Waals surface area contributed by atoms with E-state index >= 15 is 0 Å². The highest BCUT2D eigenvalue weighted by Gasteiger charge is 2.29. The van der Waals surface area contributed by atoms with Crippen molar-refractivity contribution in [3.8, 4) is 86.2 Å². The van der Waals surface area contributed by atoms with Crippen LogP contribution in [0.1, 0.15) is 0 Å². The van der Waals surface area contributed by atoms with Crippen molar-refractivity contribution in [2.24, 2.45) is 0 Å². The summed E-state index contributed by atoms with van der Waals surface area (Å²) in [7, 11) is 0. The lowest BCUT2D eigenvalue weighted by atomic mass is 10.1. The van der Waals surface area contributed by atoms with Crippen molar-refractivity contribution < 1.29 is 0 Å². The van der Waals surface area contributed by atoms with Crippen LogP contribution in [0.25, 0.3) is 152 Å². The number of aromatic nitrogens is 12. The van der Waals surface area contributed by atoms with Crippen LogP contribution in [-0.4, -0.2) is 58.6 Å². The van der Waals surface area contributed by atoms with E-state index in [2.05, 4.69) is 86.5 Å². The fraction of sp³-hybridized carbons (Fsp3) is 0. The Labute approximate surface area is 462 Å². The largest absolute Gasteiger partial charge is 0.276 e. The lowest BCUT2D eigenvalue weighted by molar-refractivity contribution is 0.935. The van der Waals surface area contributed by atoms with Crippen molar-refractivity contribution in [3.63, 3.8) is 0 Å². The molecule has 12 heteroatoms. The zero-order valence-electron chi connectivity index (χ0n) is 43.1. The van der Waals surface area contributed by atoms with Crippen LogP contribution >= 0.6 is 0 Å². The van der Waals surface area contributed by atoms with Gasteiger partial charge in [-0.25, -0.2) is 15.0 Å². The Morgan fingerprint density at radius 3 is 0.654 bits per heavy atom. The molecule has 0 aliphatic rings. The fourth-order valence-electron chi connectivity index (χ4n) is 11.4.